The van der Waals surface area contributed by atoms with E-state index in [1.54, 1.807) is 54.7 Å². The van der Waals surface area contributed by atoms with Gasteiger partial charge in [-0.05, 0) is 56.3 Å². The number of hydrogen-bond donors (Lipinski definition) is 1. The van der Waals surface area contributed by atoms with Crippen LogP contribution < -0.4 is 10.1 Å². The minimum Gasteiger partial charge on any atom is -0.492 e. The van der Waals surface area contributed by atoms with Crippen LogP contribution in [-0.2, 0) is 33.3 Å². The van der Waals surface area contributed by atoms with E-state index in [0.717, 1.165) is 19.6 Å². The Labute approximate surface area is 272 Å². The maximum absolute atomic E-state index is 13.2. The van der Waals surface area contributed by atoms with Crippen LogP contribution in [0.15, 0.2) is 54.7 Å². The fourth-order valence-electron chi connectivity index (χ4n) is 5.66. The van der Waals surface area contributed by atoms with Crippen LogP contribution in [0.3, 0.4) is 0 Å². The smallest absolute Gasteiger partial charge is 0.303 e. The molecular weight excluding hydrogens is 610 g/mol. The van der Waals surface area contributed by atoms with Gasteiger partial charge in [0.2, 0.25) is 0 Å². The maximum atomic E-state index is 13.2. The molecule has 4 atom stereocenters. The molecular formula is C33H39N5O9. The lowest BCUT2D eigenvalue weighted by Gasteiger charge is -2.40. The minimum atomic E-state index is -1.21. The Morgan fingerprint density at radius 1 is 0.872 bits per heavy atom. The van der Waals surface area contributed by atoms with Crippen molar-refractivity contribution in [3.8, 4) is 17.0 Å². The van der Waals surface area contributed by atoms with Crippen molar-refractivity contribution in [1.82, 2.24) is 19.9 Å². The first-order valence-corrected chi connectivity index (χ1v) is 15.6. The van der Waals surface area contributed by atoms with Crippen LogP contribution in [0.5, 0.6) is 5.75 Å². The van der Waals surface area contributed by atoms with E-state index < -0.39 is 42.4 Å². The summed E-state index contributed by atoms with van der Waals surface area (Å²) in [4.78, 5) is 51.3. The number of carbonyl (C=O) groups excluding carboxylic acids is 4. The second kappa shape index (κ2) is 15.6. The number of carbonyl (C=O) groups is 4. The molecule has 2 fully saturated rings. The van der Waals surface area contributed by atoms with Gasteiger partial charge in [0.05, 0.1) is 18.5 Å². The lowest BCUT2D eigenvalue weighted by Crippen LogP contribution is -2.55. The molecule has 5 rings (SSSR count). The van der Waals surface area contributed by atoms with E-state index in [9.17, 15) is 19.2 Å². The van der Waals surface area contributed by atoms with Gasteiger partial charge in [0.25, 0.3) is 5.91 Å². The molecule has 0 spiro atoms. The summed E-state index contributed by atoms with van der Waals surface area (Å²) in [6.07, 6.45) is 0.843. The summed E-state index contributed by atoms with van der Waals surface area (Å²) in [5, 5.41) is 11.4. The van der Waals surface area contributed by atoms with Crippen LogP contribution in [0.4, 0.5) is 5.69 Å². The number of ether oxygens (including phenoxy) is 5. The number of amides is 1. The number of rotatable bonds is 11. The fourth-order valence-corrected chi connectivity index (χ4v) is 5.66. The van der Waals surface area contributed by atoms with Crippen molar-refractivity contribution in [2.24, 2.45) is 0 Å². The maximum Gasteiger partial charge on any atom is 0.303 e. The second-order valence-electron chi connectivity index (χ2n) is 11.4. The SMILES string of the molecule is CC(=O)O[C@@H]1[C@@H](OC(C)=O)[C@H](OC(C)=O)CO[C@H]1n1cc(-c2ccccc2NC(=O)c2ccc(OCCN3CCCCC3)cc2)nn1. The number of hydrogen-bond acceptors (Lipinski definition) is 12. The number of nitrogens with zero attached hydrogens (tertiary/aromatic N) is 4. The van der Waals surface area contributed by atoms with Gasteiger partial charge in [-0.2, -0.15) is 0 Å². The highest BCUT2D eigenvalue weighted by molar-refractivity contribution is 6.06. The van der Waals surface area contributed by atoms with E-state index in [1.807, 2.05) is 0 Å². The van der Waals surface area contributed by atoms with Gasteiger partial charge in [-0.15, -0.1) is 5.10 Å². The van der Waals surface area contributed by atoms with Gasteiger partial charge in [-0.1, -0.05) is 29.8 Å². The lowest BCUT2D eigenvalue weighted by molar-refractivity contribution is -0.241. The average Bonchev–Trinajstić information content (AvgIpc) is 3.53. The van der Waals surface area contributed by atoms with E-state index in [4.69, 9.17) is 23.7 Å². The summed E-state index contributed by atoms with van der Waals surface area (Å²) < 4.78 is 29.3. The Morgan fingerprint density at radius 2 is 1.55 bits per heavy atom. The molecule has 250 valence electrons. The summed E-state index contributed by atoms with van der Waals surface area (Å²) in [7, 11) is 0. The largest absolute Gasteiger partial charge is 0.492 e. The molecule has 47 heavy (non-hydrogen) atoms. The van der Waals surface area contributed by atoms with Gasteiger partial charge in [-0.3, -0.25) is 24.1 Å². The Hall–Kier alpha value is -4.82. The number of esters is 3. The van der Waals surface area contributed by atoms with Crippen molar-refractivity contribution in [1.29, 1.82) is 0 Å². The molecule has 0 saturated carbocycles. The number of piperidine rings is 1. The molecule has 1 amide bonds. The van der Waals surface area contributed by atoms with Crippen LogP contribution in [0.2, 0.25) is 0 Å². The van der Waals surface area contributed by atoms with Crippen LogP contribution >= 0.6 is 0 Å². The van der Waals surface area contributed by atoms with E-state index in [0.29, 0.717) is 34.9 Å². The Balaban J connectivity index is 1.28. The summed E-state index contributed by atoms with van der Waals surface area (Å²) in [5.41, 5.74) is 1.89. The molecule has 2 aromatic carbocycles. The third-order valence-electron chi connectivity index (χ3n) is 7.79. The van der Waals surface area contributed by atoms with Gasteiger partial charge in [0.1, 0.15) is 18.1 Å². The average molecular weight is 650 g/mol. The zero-order chi connectivity index (χ0) is 33.3. The van der Waals surface area contributed by atoms with Crippen molar-refractivity contribution in [3.63, 3.8) is 0 Å². The fraction of sp³-hybridized carbons (Fsp3) is 0.455. The topological polar surface area (TPSA) is 160 Å². The Bertz CT molecular complexity index is 1550. The highest BCUT2D eigenvalue weighted by atomic mass is 16.6. The molecule has 0 unspecified atom stereocenters. The molecule has 3 heterocycles. The van der Waals surface area contributed by atoms with Gasteiger partial charge < -0.3 is 29.0 Å². The molecule has 0 bridgehead atoms. The zero-order valence-corrected chi connectivity index (χ0v) is 26.6. The molecule has 14 heteroatoms. The number of nitrogens with one attached hydrogen (secondary N) is 1. The van der Waals surface area contributed by atoms with Crippen LogP contribution in [0.25, 0.3) is 11.3 Å². The van der Waals surface area contributed by atoms with Crippen LogP contribution in [-0.4, -0.2) is 94.9 Å². The van der Waals surface area contributed by atoms with Crippen molar-refractivity contribution in [3.05, 3.63) is 60.3 Å². The third kappa shape index (κ3) is 8.92. The monoisotopic (exact) mass is 649 g/mol. The Morgan fingerprint density at radius 3 is 2.26 bits per heavy atom. The van der Waals surface area contributed by atoms with E-state index in [-0.39, 0.29) is 12.5 Å². The summed E-state index contributed by atoms with van der Waals surface area (Å²) in [6.45, 7) is 7.12. The molecule has 2 aliphatic heterocycles. The molecule has 0 radical (unpaired) electrons. The van der Waals surface area contributed by atoms with Gasteiger partial charge >= 0.3 is 17.9 Å². The predicted molar refractivity (Wildman–Crippen MR) is 167 cm³/mol. The molecule has 0 aliphatic carbocycles. The van der Waals surface area contributed by atoms with E-state index in [2.05, 4.69) is 20.5 Å². The summed E-state index contributed by atoms with van der Waals surface area (Å²) in [6, 6.07) is 14.1. The van der Waals surface area contributed by atoms with E-state index in [1.165, 1.54) is 44.7 Å². The molecule has 2 aliphatic rings. The lowest BCUT2D eigenvalue weighted by atomic mass is 10.0. The first-order valence-electron chi connectivity index (χ1n) is 15.6. The highest BCUT2D eigenvalue weighted by Crippen LogP contribution is 2.33. The number of anilines is 1. The number of benzene rings is 2. The number of likely N-dealkylation sites (tertiary alicyclic amines) is 1. The Kier molecular flexibility index (Phi) is 11.2. The standard InChI is InChI=1S/C33H39N5O9/c1-21(39)45-29-20-44-33(31(47-23(3)41)30(29)46-22(2)40)38-19-28(35-36-38)26-9-5-6-10-27(26)34-32(42)24-11-13-25(14-12-24)43-18-17-37-15-7-4-8-16-37/h5-6,9-14,19,29-31,33H,4,7-8,15-18,20H2,1-3H3,(H,34,42)/t29-,30+,31-,33-/m1/s1. The molecule has 3 aromatic rings. The van der Waals surface area contributed by atoms with Gasteiger partial charge in [-0.25, -0.2) is 4.68 Å². The van der Waals surface area contributed by atoms with Crippen LogP contribution in [0.1, 0.15) is 56.6 Å². The zero-order valence-electron chi connectivity index (χ0n) is 26.6. The van der Waals surface area contributed by atoms with Crippen molar-refractivity contribution >= 4 is 29.5 Å². The van der Waals surface area contributed by atoms with Gasteiger partial charge in [0, 0.05) is 38.4 Å². The first-order chi connectivity index (χ1) is 22.7. The molecule has 1 aromatic heterocycles. The first kappa shape index (κ1) is 33.5. The quantitative estimate of drug-likeness (QED) is 0.239. The third-order valence-corrected chi connectivity index (χ3v) is 7.79. The van der Waals surface area contributed by atoms with E-state index >= 15 is 0 Å². The van der Waals surface area contributed by atoms with Crippen molar-refractivity contribution in [2.45, 2.75) is 64.6 Å². The van der Waals surface area contributed by atoms with Crippen LogP contribution in [0, 0.1) is 0 Å². The molecule has 1 N–H and O–H groups in total. The second-order valence-corrected chi connectivity index (χ2v) is 11.4. The minimum absolute atomic E-state index is 0.163. The molecule has 14 nitrogen and oxygen atoms in total. The molecule has 2 saturated heterocycles. The highest BCUT2D eigenvalue weighted by Gasteiger charge is 2.48. The number of para-hydroxylation sites is 1. The normalized spacial score (nSPS) is 21.3. The summed E-state index contributed by atoms with van der Waals surface area (Å²) in [5.74, 6) is -1.58. The van der Waals surface area contributed by atoms with Crippen molar-refractivity contribution in [2.75, 3.05) is 38.2 Å². The van der Waals surface area contributed by atoms with Gasteiger partial charge in [0.15, 0.2) is 24.5 Å². The summed E-state index contributed by atoms with van der Waals surface area (Å²) >= 11 is 0. The number of aromatic nitrogens is 3. The van der Waals surface area contributed by atoms with Crippen molar-refractivity contribution < 1.29 is 42.9 Å². The predicted octanol–water partition coefficient (Wildman–Crippen LogP) is 3.39.